The van der Waals surface area contributed by atoms with E-state index in [2.05, 4.69) is 0 Å². The fraction of sp³-hybridized carbons (Fsp3) is 0.571. The zero-order chi connectivity index (χ0) is 14.0. The second kappa shape index (κ2) is 5.41. The lowest BCUT2D eigenvalue weighted by Gasteiger charge is -2.24. The van der Waals surface area contributed by atoms with Crippen molar-refractivity contribution in [2.75, 3.05) is 12.0 Å². The highest BCUT2D eigenvalue weighted by atomic mass is 32.2. The second-order valence-electron chi connectivity index (χ2n) is 5.70. The standard InChI is InChI=1S/C14H22O3S/c1-11(15)9-12-5-7-13(8-6-12)14(2,3)10-18(4,16)17/h5-8,11,15H,9-10H2,1-4H3. The fourth-order valence-corrected chi connectivity index (χ4v) is 3.65. The molecule has 4 heteroatoms. The lowest BCUT2D eigenvalue weighted by Crippen LogP contribution is -2.27. The third-order valence-electron chi connectivity index (χ3n) is 2.89. The SMILES string of the molecule is CC(O)Cc1ccc(C(C)(C)CS(C)(=O)=O)cc1. The van der Waals surface area contributed by atoms with E-state index in [-0.39, 0.29) is 11.9 Å². The quantitative estimate of drug-likeness (QED) is 0.889. The third-order valence-corrected chi connectivity index (χ3v) is 4.14. The second-order valence-corrected chi connectivity index (χ2v) is 7.84. The van der Waals surface area contributed by atoms with Crippen LogP contribution in [0.3, 0.4) is 0 Å². The molecule has 0 aromatic heterocycles. The molecular weight excluding hydrogens is 248 g/mol. The molecule has 1 unspecified atom stereocenters. The minimum atomic E-state index is -3.00. The highest BCUT2D eigenvalue weighted by molar-refractivity contribution is 7.90. The Morgan fingerprint density at radius 2 is 1.72 bits per heavy atom. The van der Waals surface area contributed by atoms with Gasteiger partial charge in [0.1, 0.15) is 9.84 Å². The number of hydrogen-bond donors (Lipinski definition) is 1. The molecule has 0 radical (unpaired) electrons. The predicted octanol–water partition coefficient (Wildman–Crippen LogP) is 1.93. The first-order valence-corrected chi connectivity index (χ1v) is 8.11. The molecule has 102 valence electrons. The zero-order valence-electron chi connectivity index (χ0n) is 11.5. The first-order valence-electron chi connectivity index (χ1n) is 6.05. The van der Waals surface area contributed by atoms with Crippen LogP contribution < -0.4 is 0 Å². The molecule has 18 heavy (non-hydrogen) atoms. The summed E-state index contributed by atoms with van der Waals surface area (Å²) in [7, 11) is -3.00. The summed E-state index contributed by atoms with van der Waals surface area (Å²) in [6.45, 7) is 5.61. The number of aliphatic hydroxyl groups excluding tert-OH is 1. The molecule has 0 fully saturated rings. The van der Waals surface area contributed by atoms with E-state index in [1.54, 1.807) is 6.92 Å². The van der Waals surface area contributed by atoms with E-state index < -0.39 is 15.3 Å². The number of rotatable bonds is 5. The van der Waals surface area contributed by atoms with Crippen LogP contribution in [0.5, 0.6) is 0 Å². The molecule has 1 rings (SSSR count). The maximum Gasteiger partial charge on any atom is 0.148 e. The van der Waals surface area contributed by atoms with E-state index in [0.29, 0.717) is 6.42 Å². The minimum Gasteiger partial charge on any atom is -0.393 e. The molecule has 1 aromatic carbocycles. The summed E-state index contributed by atoms with van der Waals surface area (Å²) in [5, 5.41) is 9.31. The summed E-state index contributed by atoms with van der Waals surface area (Å²) >= 11 is 0. The molecule has 0 aliphatic rings. The Morgan fingerprint density at radius 1 is 1.22 bits per heavy atom. The smallest absolute Gasteiger partial charge is 0.148 e. The lowest BCUT2D eigenvalue weighted by molar-refractivity contribution is 0.195. The first-order chi connectivity index (χ1) is 8.10. The maximum absolute atomic E-state index is 11.4. The molecule has 0 saturated heterocycles. The average Bonchev–Trinajstić information content (AvgIpc) is 2.13. The van der Waals surface area contributed by atoms with Gasteiger partial charge in [0.2, 0.25) is 0 Å². The summed E-state index contributed by atoms with van der Waals surface area (Å²) in [5.41, 5.74) is 1.67. The number of hydrogen-bond acceptors (Lipinski definition) is 3. The highest BCUT2D eigenvalue weighted by Crippen LogP contribution is 2.25. The van der Waals surface area contributed by atoms with Gasteiger partial charge in [-0.2, -0.15) is 0 Å². The Balaban J connectivity index is 2.90. The normalized spacial score (nSPS) is 14.5. The largest absolute Gasteiger partial charge is 0.393 e. The van der Waals surface area contributed by atoms with Crippen molar-refractivity contribution >= 4 is 9.84 Å². The van der Waals surface area contributed by atoms with Gasteiger partial charge in [0.25, 0.3) is 0 Å². The topological polar surface area (TPSA) is 54.4 Å². The van der Waals surface area contributed by atoms with Crippen molar-refractivity contribution < 1.29 is 13.5 Å². The number of aliphatic hydroxyl groups is 1. The van der Waals surface area contributed by atoms with Crippen molar-refractivity contribution in [3.8, 4) is 0 Å². The molecule has 1 aromatic rings. The highest BCUT2D eigenvalue weighted by Gasteiger charge is 2.25. The zero-order valence-corrected chi connectivity index (χ0v) is 12.3. The third kappa shape index (κ3) is 4.78. The molecule has 0 spiro atoms. The summed E-state index contributed by atoms with van der Waals surface area (Å²) in [5.74, 6) is 0.135. The van der Waals surface area contributed by atoms with E-state index in [1.807, 2.05) is 38.1 Å². The first kappa shape index (κ1) is 15.2. The predicted molar refractivity (Wildman–Crippen MR) is 74.6 cm³/mol. The molecule has 3 nitrogen and oxygen atoms in total. The van der Waals surface area contributed by atoms with Crippen LogP contribution in [0.4, 0.5) is 0 Å². The molecule has 1 N–H and O–H groups in total. The van der Waals surface area contributed by atoms with Crippen LogP contribution in [0.2, 0.25) is 0 Å². The van der Waals surface area contributed by atoms with Gasteiger partial charge in [-0.25, -0.2) is 8.42 Å². The molecule has 0 bridgehead atoms. The van der Waals surface area contributed by atoms with Gasteiger partial charge in [0.15, 0.2) is 0 Å². The van der Waals surface area contributed by atoms with Gasteiger partial charge >= 0.3 is 0 Å². The van der Waals surface area contributed by atoms with Gasteiger partial charge in [-0.15, -0.1) is 0 Å². The molecule has 0 aliphatic carbocycles. The van der Waals surface area contributed by atoms with Gasteiger partial charge in [-0.1, -0.05) is 38.1 Å². The maximum atomic E-state index is 11.4. The van der Waals surface area contributed by atoms with Crippen molar-refractivity contribution in [2.24, 2.45) is 0 Å². The van der Waals surface area contributed by atoms with Crippen molar-refractivity contribution in [3.63, 3.8) is 0 Å². The summed E-state index contributed by atoms with van der Waals surface area (Å²) < 4.78 is 22.8. The molecule has 1 atom stereocenters. The average molecular weight is 270 g/mol. The fourth-order valence-electron chi connectivity index (χ4n) is 2.17. The van der Waals surface area contributed by atoms with Crippen LogP contribution in [-0.4, -0.2) is 31.6 Å². The van der Waals surface area contributed by atoms with Gasteiger partial charge in [0, 0.05) is 11.7 Å². The van der Waals surface area contributed by atoms with Gasteiger partial charge in [-0.05, 0) is 24.5 Å². The molecular formula is C14H22O3S. The minimum absolute atomic E-state index is 0.135. The molecule has 0 saturated carbocycles. The molecule has 0 aliphatic heterocycles. The monoisotopic (exact) mass is 270 g/mol. The Morgan fingerprint density at radius 3 is 2.11 bits per heavy atom. The van der Waals surface area contributed by atoms with E-state index in [1.165, 1.54) is 6.26 Å². The Bertz CT molecular complexity index is 484. The van der Waals surface area contributed by atoms with Crippen molar-refractivity contribution in [3.05, 3.63) is 35.4 Å². The lowest BCUT2D eigenvalue weighted by atomic mass is 9.86. The van der Waals surface area contributed by atoms with E-state index in [9.17, 15) is 13.5 Å². The Hall–Kier alpha value is -0.870. The van der Waals surface area contributed by atoms with Crippen molar-refractivity contribution in [2.45, 2.75) is 38.7 Å². The van der Waals surface area contributed by atoms with Gasteiger partial charge < -0.3 is 5.11 Å². The number of sulfone groups is 1. The van der Waals surface area contributed by atoms with Crippen LogP contribution in [0.15, 0.2) is 24.3 Å². The molecule has 0 heterocycles. The summed E-state index contributed by atoms with van der Waals surface area (Å²) in [4.78, 5) is 0. The van der Waals surface area contributed by atoms with Crippen LogP contribution >= 0.6 is 0 Å². The summed E-state index contributed by atoms with van der Waals surface area (Å²) in [6, 6.07) is 7.80. The molecule has 0 amide bonds. The van der Waals surface area contributed by atoms with Crippen molar-refractivity contribution in [1.82, 2.24) is 0 Å². The van der Waals surface area contributed by atoms with Gasteiger partial charge in [0.05, 0.1) is 11.9 Å². The van der Waals surface area contributed by atoms with E-state index >= 15 is 0 Å². The van der Waals surface area contributed by atoms with Crippen molar-refractivity contribution in [1.29, 1.82) is 0 Å². The Labute approximate surface area is 110 Å². The van der Waals surface area contributed by atoms with Crippen LogP contribution in [0, 0.1) is 0 Å². The Kier molecular flexibility index (Phi) is 4.56. The van der Waals surface area contributed by atoms with Crippen LogP contribution in [0.1, 0.15) is 31.9 Å². The summed E-state index contributed by atoms with van der Waals surface area (Å²) in [6.07, 6.45) is 1.52. The van der Waals surface area contributed by atoms with Crippen LogP contribution in [-0.2, 0) is 21.7 Å². The van der Waals surface area contributed by atoms with Crippen LogP contribution in [0.25, 0.3) is 0 Å². The number of benzene rings is 1. The van der Waals surface area contributed by atoms with Gasteiger partial charge in [-0.3, -0.25) is 0 Å². The van der Waals surface area contributed by atoms with E-state index in [0.717, 1.165) is 11.1 Å². The van der Waals surface area contributed by atoms with E-state index in [4.69, 9.17) is 0 Å².